The van der Waals surface area contributed by atoms with Crippen LogP contribution in [0, 0.1) is 11.6 Å². The number of rotatable bonds is 17. The number of pyridine rings is 6. The van der Waals surface area contributed by atoms with E-state index in [1.807, 2.05) is 48.8 Å². The number of nitrogens with zero attached hydrogens (tertiary/aromatic N) is 13. The van der Waals surface area contributed by atoms with Gasteiger partial charge in [-0.2, -0.15) is 10.2 Å². The van der Waals surface area contributed by atoms with E-state index < -0.39 is 22.8 Å². The number of halogens is 2. The second-order valence-corrected chi connectivity index (χ2v) is 23.8. The van der Waals surface area contributed by atoms with Crippen molar-refractivity contribution in [2.75, 3.05) is 91.6 Å². The Hall–Kier alpha value is -8.91. The summed E-state index contributed by atoms with van der Waals surface area (Å²) in [6.07, 6.45) is 16.0. The standard InChI is InChI=1S/C31H36FN7O4.C24H30N6O3.C7H6FNO2/c1-31(2,41)18-43-23-10-24(28-25(30(40)36(3)4)13-35-39(28)17-23)20-6-7-27(33-12-20)37-15-21-9-22(16-37)38(21)14-19-8-26(32)29(42-5)34-11-19;1-24(2,32)14-33-18-8-19(22-20(23(31)28(3)4)10-26-30(22)13-18)15-5-6-21(25-9-15)29-11-16-7-17(12-29)27-16;1-11-7-6(8)2-5(4-10)3-9-7/h6-8,10-13,17,21-22,41H,9,14-16,18H2,1-5H3;5-6,8-10,13,16-17,27,32H,7,11-12,14H2,1-4H3;2-4H,1H3. The molecular formula is C62H72F2N14O9. The number of carbonyl (C=O) groups is 3. The molecule has 3 N–H and O–H groups in total. The Labute approximate surface area is 502 Å². The van der Waals surface area contributed by atoms with Crippen molar-refractivity contribution in [1.82, 2.24) is 59.2 Å². The number of methoxy groups -OCH3 is 2. The first-order chi connectivity index (χ1) is 41.5. The molecule has 87 heavy (non-hydrogen) atoms. The highest BCUT2D eigenvalue weighted by Crippen LogP contribution is 2.38. The summed E-state index contributed by atoms with van der Waals surface area (Å²) in [5, 5.41) is 32.6. The van der Waals surface area contributed by atoms with Crippen molar-refractivity contribution in [3.05, 3.63) is 132 Å². The van der Waals surface area contributed by atoms with E-state index in [9.17, 15) is 33.4 Å². The fourth-order valence-corrected chi connectivity index (χ4v) is 11.0. The Bertz CT molecular complexity index is 3760. The fourth-order valence-electron chi connectivity index (χ4n) is 11.0. The van der Waals surface area contributed by atoms with Gasteiger partial charge in [0.1, 0.15) is 36.3 Å². The third-order valence-electron chi connectivity index (χ3n) is 15.2. The number of aliphatic hydroxyl groups is 2. The van der Waals surface area contributed by atoms with Gasteiger partial charge in [0.25, 0.3) is 11.8 Å². The van der Waals surface area contributed by atoms with E-state index in [0.29, 0.717) is 70.7 Å². The average Bonchev–Trinajstić information content (AvgIpc) is 2.01. The second kappa shape index (κ2) is 25.2. The van der Waals surface area contributed by atoms with Crippen LogP contribution in [-0.4, -0.2) is 199 Å². The molecule has 2 amide bonds. The minimum Gasteiger partial charge on any atom is -0.489 e. The van der Waals surface area contributed by atoms with Gasteiger partial charge in [0, 0.05) is 138 Å². The topological polar surface area (TPSA) is 243 Å². The van der Waals surface area contributed by atoms with Crippen LogP contribution >= 0.6 is 0 Å². The van der Waals surface area contributed by atoms with Crippen molar-refractivity contribution in [3.63, 3.8) is 0 Å². The number of hydrogen-bond acceptors (Lipinski definition) is 19. The molecule has 6 aliphatic heterocycles. The lowest BCUT2D eigenvalue weighted by Crippen LogP contribution is -2.68. The van der Waals surface area contributed by atoms with Crippen molar-refractivity contribution < 1.29 is 52.3 Å². The predicted molar refractivity (Wildman–Crippen MR) is 321 cm³/mol. The number of aromatic nitrogens is 8. The SMILES string of the molecule is CN(C)C(=O)c1cnn2cc(OCC(C)(C)O)cc(-c3ccc(N4CC5CC(C4)N5)nc3)c12.COc1ncc(C=O)cc1F.COc1ncc(CN2C3CC2CN(c2ccc(-c4cc(OCC(C)(C)O)cn5ncc(C(=O)N(C)C)c45)cn2)C3)cc1F. The Morgan fingerprint density at radius 2 is 1.10 bits per heavy atom. The lowest BCUT2D eigenvalue weighted by molar-refractivity contribution is -0.00884. The van der Waals surface area contributed by atoms with Gasteiger partial charge >= 0.3 is 0 Å². The highest BCUT2D eigenvalue weighted by Gasteiger charge is 2.45. The van der Waals surface area contributed by atoms with Crippen LogP contribution in [0.15, 0.2) is 98.1 Å². The molecule has 6 aliphatic rings. The maximum Gasteiger partial charge on any atom is 0.257 e. The molecule has 0 aromatic carbocycles. The van der Waals surface area contributed by atoms with Gasteiger partial charge in [-0.05, 0) is 94.6 Å². The van der Waals surface area contributed by atoms with E-state index >= 15 is 0 Å². The number of anilines is 2. The summed E-state index contributed by atoms with van der Waals surface area (Å²) in [6, 6.07) is 16.2. The molecular weight excluding hydrogens is 1120 g/mol. The van der Waals surface area contributed by atoms with Gasteiger partial charge in [-0.25, -0.2) is 37.7 Å². The second-order valence-electron chi connectivity index (χ2n) is 23.8. The third kappa shape index (κ3) is 13.9. The van der Waals surface area contributed by atoms with E-state index in [1.54, 1.807) is 95.9 Å². The van der Waals surface area contributed by atoms with Gasteiger partial charge in [-0.3, -0.25) is 19.3 Å². The molecule has 0 saturated carbocycles. The Morgan fingerprint density at radius 1 is 0.644 bits per heavy atom. The summed E-state index contributed by atoms with van der Waals surface area (Å²) in [4.78, 5) is 63.1. The number of hydrogen-bond donors (Lipinski definition) is 3. The van der Waals surface area contributed by atoms with Crippen molar-refractivity contribution in [1.29, 1.82) is 0 Å². The summed E-state index contributed by atoms with van der Waals surface area (Å²) in [7, 11) is 9.58. The van der Waals surface area contributed by atoms with Crippen LogP contribution in [0.1, 0.15) is 77.2 Å². The summed E-state index contributed by atoms with van der Waals surface area (Å²) >= 11 is 0. The van der Waals surface area contributed by atoms with E-state index in [1.165, 1.54) is 42.7 Å². The molecule has 4 atom stereocenters. The molecule has 8 aromatic heterocycles. The molecule has 458 valence electrons. The molecule has 4 unspecified atom stereocenters. The number of nitrogens with one attached hydrogen (secondary N) is 1. The van der Waals surface area contributed by atoms with Gasteiger partial charge in [-0.15, -0.1) is 0 Å². The fraction of sp³-hybridized carbons (Fsp3) is 0.403. The van der Waals surface area contributed by atoms with Crippen LogP contribution in [-0.2, 0) is 6.54 Å². The van der Waals surface area contributed by atoms with Crippen LogP contribution in [0.5, 0.6) is 23.3 Å². The van der Waals surface area contributed by atoms with Crippen molar-refractivity contribution in [3.8, 4) is 45.5 Å². The quantitative estimate of drug-likeness (QED) is 0.0873. The Morgan fingerprint density at radius 3 is 1.51 bits per heavy atom. The zero-order valence-electron chi connectivity index (χ0n) is 50.3. The molecule has 14 heterocycles. The number of carbonyl (C=O) groups excluding carboxylic acids is 3. The van der Waals surface area contributed by atoms with E-state index in [2.05, 4.69) is 44.9 Å². The summed E-state index contributed by atoms with van der Waals surface area (Å²) in [5.41, 5.74) is 4.61. The highest BCUT2D eigenvalue weighted by molar-refractivity contribution is 6.05. The van der Waals surface area contributed by atoms with Crippen LogP contribution in [0.2, 0.25) is 0 Å². The largest absolute Gasteiger partial charge is 0.489 e. The lowest BCUT2D eigenvalue weighted by atomic mass is 9.87. The molecule has 0 spiro atoms. The van der Waals surface area contributed by atoms with Crippen molar-refractivity contribution >= 4 is 40.8 Å². The zero-order chi connectivity index (χ0) is 62.1. The number of aldehydes is 1. The predicted octanol–water partition coefficient (Wildman–Crippen LogP) is 6.09. The van der Waals surface area contributed by atoms with Gasteiger partial charge in [0.05, 0.1) is 72.4 Å². The van der Waals surface area contributed by atoms with Gasteiger partial charge in [-0.1, -0.05) is 0 Å². The minimum atomic E-state index is -1.01. The van der Waals surface area contributed by atoms with Gasteiger partial charge in [0.15, 0.2) is 17.9 Å². The molecule has 8 aromatic rings. The Kier molecular flexibility index (Phi) is 17.7. The van der Waals surface area contributed by atoms with E-state index in [-0.39, 0.29) is 42.4 Å². The highest BCUT2D eigenvalue weighted by atomic mass is 19.1. The first-order valence-corrected chi connectivity index (χ1v) is 28.4. The molecule has 0 aliphatic carbocycles. The smallest absolute Gasteiger partial charge is 0.257 e. The van der Waals surface area contributed by atoms with Gasteiger partial charge in [0.2, 0.25) is 11.8 Å². The molecule has 25 heteroatoms. The third-order valence-corrected chi connectivity index (χ3v) is 15.2. The minimum absolute atomic E-state index is 0.0103. The number of ether oxygens (including phenoxy) is 4. The van der Waals surface area contributed by atoms with Crippen LogP contribution < -0.4 is 34.1 Å². The molecule has 14 rings (SSSR count). The molecule has 6 fully saturated rings. The first-order valence-electron chi connectivity index (χ1n) is 28.4. The zero-order valence-corrected chi connectivity index (χ0v) is 50.3. The maximum atomic E-state index is 14.2. The summed E-state index contributed by atoms with van der Waals surface area (Å²) in [5.74, 6) is 1.46. The molecule has 23 nitrogen and oxygen atoms in total. The van der Waals surface area contributed by atoms with Gasteiger partial charge < -0.3 is 54.1 Å². The molecule has 6 saturated heterocycles. The number of piperazine rings is 2. The average molecular weight is 1200 g/mol. The van der Waals surface area contributed by atoms with E-state index in [0.717, 1.165) is 78.1 Å². The number of piperidine rings is 2. The van der Waals surface area contributed by atoms with Crippen molar-refractivity contribution in [2.45, 2.75) is 82.5 Å². The molecule has 4 bridgehead atoms. The first kappa shape index (κ1) is 61.2. The van der Waals surface area contributed by atoms with Crippen LogP contribution in [0.3, 0.4) is 0 Å². The normalized spacial score (nSPS) is 17.9. The number of amides is 2. The van der Waals surface area contributed by atoms with Crippen LogP contribution in [0.4, 0.5) is 20.4 Å². The Balaban J connectivity index is 0.000000168. The van der Waals surface area contributed by atoms with Crippen LogP contribution in [0.25, 0.3) is 33.3 Å². The number of fused-ring (bicyclic) bond motifs is 6. The monoisotopic (exact) mass is 1190 g/mol. The van der Waals surface area contributed by atoms with Crippen molar-refractivity contribution in [2.24, 2.45) is 0 Å². The molecule has 0 radical (unpaired) electrons. The van der Waals surface area contributed by atoms with E-state index in [4.69, 9.17) is 24.2 Å². The maximum absolute atomic E-state index is 14.2. The summed E-state index contributed by atoms with van der Waals surface area (Å²) < 4.78 is 51.4. The lowest BCUT2D eigenvalue weighted by Gasteiger charge is -2.56. The summed E-state index contributed by atoms with van der Waals surface area (Å²) in [6.45, 7) is 11.2.